The molecular formula is C19H19N2O. The number of hydrogen-bond acceptors (Lipinski definition) is 2. The molecule has 0 aliphatic rings. The average molecular weight is 291 g/mol. The van der Waals surface area contributed by atoms with Crippen molar-refractivity contribution in [1.29, 1.82) is 0 Å². The van der Waals surface area contributed by atoms with E-state index >= 15 is 0 Å². The van der Waals surface area contributed by atoms with Crippen LogP contribution < -0.4 is 5.06 Å². The molecule has 2 aromatic carbocycles. The van der Waals surface area contributed by atoms with Gasteiger partial charge in [-0.2, -0.15) is 5.06 Å². The highest BCUT2D eigenvalue weighted by Crippen LogP contribution is 2.29. The maximum absolute atomic E-state index is 12.2. The van der Waals surface area contributed by atoms with Crippen molar-refractivity contribution in [2.24, 2.45) is 0 Å². The molecule has 3 heteroatoms. The lowest BCUT2D eigenvalue weighted by Gasteiger charge is -2.27. The normalized spacial score (nSPS) is 11.6. The van der Waals surface area contributed by atoms with Gasteiger partial charge in [-0.3, -0.25) is 0 Å². The third kappa shape index (κ3) is 2.68. The first-order chi connectivity index (χ1) is 10.5. The van der Waals surface area contributed by atoms with Gasteiger partial charge in [-0.25, -0.2) is 4.98 Å². The number of hydrogen-bond donors (Lipinski definition) is 0. The molecule has 0 N–H and O–H groups in total. The summed E-state index contributed by atoms with van der Waals surface area (Å²) in [5, 5.41) is 15.5. The van der Waals surface area contributed by atoms with Crippen LogP contribution in [0.3, 0.4) is 0 Å². The summed E-state index contributed by atoms with van der Waals surface area (Å²) in [6.07, 6.45) is 1.77. The number of rotatable bonds is 2. The lowest BCUT2D eigenvalue weighted by molar-refractivity contribution is 0.0996. The first kappa shape index (κ1) is 14.5. The van der Waals surface area contributed by atoms with Crippen LogP contribution in [0.1, 0.15) is 20.8 Å². The summed E-state index contributed by atoms with van der Waals surface area (Å²) in [5.74, 6) is 0.441. The second-order valence-corrected chi connectivity index (χ2v) is 6.40. The van der Waals surface area contributed by atoms with Crippen LogP contribution in [-0.4, -0.2) is 10.5 Å². The molecule has 0 aliphatic carbocycles. The summed E-state index contributed by atoms with van der Waals surface area (Å²) in [6, 6.07) is 18.2. The SMILES string of the molecule is CC(C)(C)N([O])c1ccc(-c2cccc3ccccc23)cn1. The molecule has 0 atom stereocenters. The van der Waals surface area contributed by atoms with Crippen LogP contribution in [0.15, 0.2) is 60.8 Å². The molecule has 3 aromatic rings. The summed E-state index contributed by atoms with van der Waals surface area (Å²) < 4.78 is 0. The Bertz CT molecular complexity index is 783. The number of nitrogens with zero attached hydrogens (tertiary/aromatic N) is 2. The second kappa shape index (κ2) is 5.43. The quantitative estimate of drug-likeness (QED) is 0.633. The molecule has 1 heterocycles. The molecule has 3 nitrogen and oxygen atoms in total. The highest BCUT2D eigenvalue weighted by Gasteiger charge is 2.22. The molecule has 111 valence electrons. The summed E-state index contributed by atoms with van der Waals surface area (Å²) in [6.45, 7) is 5.63. The maximum atomic E-state index is 12.2. The van der Waals surface area contributed by atoms with E-state index in [1.807, 2.05) is 45.0 Å². The Kier molecular flexibility index (Phi) is 3.59. The molecule has 0 saturated carbocycles. The molecule has 0 spiro atoms. The van der Waals surface area contributed by atoms with Gasteiger partial charge in [0.25, 0.3) is 0 Å². The summed E-state index contributed by atoms with van der Waals surface area (Å²) in [5.41, 5.74) is 1.65. The number of fused-ring (bicyclic) bond motifs is 1. The zero-order chi connectivity index (χ0) is 15.7. The standard InChI is InChI=1S/C19H19N2O/c1-19(2,3)21(22)18-12-11-15(13-20-18)17-10-6-8-14-7-4-5-9-16(14)17/h4-13H,1-3H3. The monoisotopic (exact) mass is 291 g/mol. The minimum atomic E-state index is -0.492. The van der Waals surface area contributed by atoms with Crippen LogP contribution in [0.2, 0.25) is 0 Å². The minimum absolute atomic E-state index is 0.441. The highest BCUT2D eigenvalue weighted by molar-refractivity contribution is 5.96. The predicted molar refractivity (Wildman–Crippen MR) is 90.1 cm³/mol. The largest absolute Gasteiger partial charge is 0.236 e. The van der Waals surface area contributed by atoms with E-state index in [0.29, 0.717) is 5.82 Å². The van der Waals surface area contributed by atoms with E-state index in [0.717, 1.165) is 16.2 Å². The van der Waals surface area contributed by atoms with Gasteiger partial charge in [0.2, 0.25) is 0 Å². The fourth-order valence-corrected chi connectivity index (χ4v) is 2.49. The van der Waals surface area contributed by atoms with Crippen molar-refractivity contribution in [2.45, 2.75) is 26.3 Å². The van der Waals surface area contributed by atoms with Gasteiger partial charge in [0.15, 0.2) is 5.82 Å². The second-order valence-electron chi connectivity index (χ2n) is 6.40. The molecule has 0 unspecified atom stereocenters. The van der Waals surface area contributed by atoms with E-state index in [2.05, 4.69) is 29.2 Å². The molecule has 0 aliphatic heterocycles. The smallest absolute Gasteiger partial charge is 0.156 e. The zero-order valence-electron chi connectivity index (χ0n) is 13.1. The first-order valence-electron chi connectivity index (χ1n) is 7.38. The van der Waals surface area contributed by atoms with Gasteiger partial charge in [0, 0.05) is 11.8 Å². The summed E-state index contributed by atoms with van der Waals surface area (Å²) >= 11 is 0. The average Bonchev–Trinajstić information content (AvgIpc) is 2.53. The van der Waals surface area contributed by atoms with Crippen molar-refractivity contribution in [1.82, 2.24) is 4.98 Å². The Labute approximate surface area is 130 Å². The molecule has 0 amide bonds. The van der Waals surface area contributed by atoms with Crippen LogP contribution in [0, 0.1) is 0 Å². The number of pyridine rings is 1. The van der Waals surface area contributed by atoms with Crippen LogP contribution in [0.5, 0.6) is 0 Å². The first-order valence-corrected chi connectivity index (χ1v) is 7.38. The molecule has 1 aromatic heterocycles. The Morgan fingerprint density at radius 1 is 0.909 bits per heavy atom. The third-order valence-corrected chi connectivity index (χ3v) is 3.67. The van der Waals surface area contributed by atoms with Gasteiger partial charge < -0.3 is 0 Å². The highest BCUT2D eigenvalue weighted by atomic mass is 16.5. The summed E-state index contributed by atoms with van der Waals surface area (Å²) in [7, 11) is 0. The fourth-order valence-electron chi connectivity index (χ4n) is 2.49. The number of benzene rings is 2. The zero-order valence-corrected chi connectivity index (χ0v) is 13.1. The summed E-state index contributed by atoms with van der Waals surface area (Å²) in [4.78, 5) is 4.34. The van der Waals surface area contributed by atoms with Crippen molar-refractivity contribution in [3.05, 3.63) is 60.8 Å². The lowest BCUT2D eigenvalue weighted by atomic mass is 9.99. The Morgan fingerprint density at radius 2 is 1.64 bits per heavy atom. The Hall–Kier alpha value is -2.39. The molecule has 22 heavy (non-hydrogen) atoms. The Balaban J connectivity index is 2.02. The van der Waals surface area contributed by atoms with Gasteiger partial charge in [-0.15, -0.1) is 0 Å². The molecule has 3 rings (SSSR count). The van der Waals surface area contributed by atoms with E-state index in [1.54, 1.807) is 12.3 Å². The van der Waals surface area contributed by atoms with E-state index in [1.165, 1.54) is 10.8 Å². The van der Waals surface area contributed by atoms with Gasteiger partial charge >= 0.3 is 0 Å². The molecule has 0 saturated heterocycles. The predicted octanol–water partition coefficient (Wildman–Crippen LogP) is 4.85. The van der Waals surface area contributed by atoms with Crippen LogP contribution in [0.4, 0.5) is 5.82 Å². The van der Waals surface area contributed by atoms with E-state index in [4.69, 9.17) is 0 Å². The van der Waals surface area contributed by atoms with Crippen LogP contribution in [-0.2, 0) is 5.21 Å². The van der Waals surface area contributed by atoms with E-state index < -0.39 is 5.54 Å². The van der Waals surface area contributed by atoms with Crippen molar-refractivity contribution in [3.63, 3.8) is 0 Å². The molecule has 0 bridgehead atoms. The van der Waals surface area contributed by atoms with E-state index in [9.17, 15) is 5.21 Å². The molecular weight excluding hydrogens is 272 g/mol. The number of anilines is 1. The minimum Gasteiger partial charge on any atom is -0.236 e. The number of hydroxylamine groups is 1. The van der Waals surface area contributed by atoms with Crippen molar-refractivity contribution < 1.29 is 5.21 Å². The fraction of sp³-hybridized carbons (Fsp3) is 0.211. The van der Waals surface area contributed by atoms with Crippen molar-refractivity contribution in [3.8, 4) is 11.1 Å². The Morgan fingerprint density at radius 3 is 2.32 bits per heavy atom. The van der Waals surface area contributed by atoms with Crippen LogP contribution >= 0.6 is 0 Å². The van der Waals surface area contributed by atoms with Gasteiger partial charge in [-0.05, 0) is 49.2 Å². The lowest BCUT2D eigenvalue weighted by Crippen LogP contribution is -2.37. The molecule has 0 fully saturated rings. The van der Waals surface area contributed by atoms with Crippen molar-refractivity contribution >= 4 is 16.6 Å². The van der Waals surface area contributed by atoms with Gasteiger partial charge in [0.1, 0.15) is 0 Å². The third-order valence-electron chi connectivity index (χ3n) is 3.67. The van der Waals surface area contributed by atoms with Crippen LogP contribution in [0.25, 0.3) is 21.9 Å². The maximum Gasteiger partial charge on any atom is 0.156 e. The topological polar surface area (TPSA) is 36.0 Å². The van der Waals surface area contributed by atoms with Gasteiger partial charge in [-0.1, -0.05) is 47.7 Å². The van der Waals surface area contributed by atoms with E-state index in [-0.39, 0.29) is 0 Å². The van der Waals surface area contributed by atoms with Gasteiger partial charge in [0.05, 0.1) is 5.54 Å². The molecule has 1 radical (unpaired) electrons. The number of aromatic nitrogens is 1. The van der Waals surface area contributed by atoms with Crippen molar-refractivity contribution in [2.75, 3.05) is 5.06 Å².